The van der Waals surface area contributed by atoms with Gasteiger partial charge in [-0.1, -0.05) is 53.0 Å². The number of rotatable bonds is 3. The third-order valence-corrected chi connectivity index (χ3v) is 6.88. The van der Waals surface area contributed by atoms with Crippen molar-refractivity contribution in [2.24, 2.45) is 5.92 Å². The van der Waals surface area contributed by atoms with Crippen molar-refractivity contribution in [2.45, 2.75) is 28.8 Å². The normalized spacial score (nSPS) is 22.6. The number of likely N-dealkylation sites (tertiary alicyclic amines) is 1. The largest absolute Gasteiger partial charge is 0.332 e. The highest BCUT2D eigenvalue weighted by Crippen LogP contribution is 2.40. The number of nitrogens with zero attached hydrogens (tertiary/aromatic N) is 2. The maximum absolute atomic E-state index is 12.9. The quantitative estimate of drug-likeness (QED) is 0.620. The lowest BCUT2D eigenvalue weighted by Gasteiger charge is -2.47. The summed E-state index contributed by atoms with van der Waals surface area (Å²) in [6.07, 6.45) is 0.185. The Bertz CT molecular complexity index is 991. The highest BCUT2D eigenvalue weighted by atomic mass is 79.9. The molecule has 2 unspecified atom stereocenters. The van der Waals surface area contributed by atoms with Crippen LogP contribution in [-0.4, -0.2) is 38.4 Å². The van der Waals surface area contributed by atoms with E-state index in [1.165, 1.54) is 0 Å². The SMILES string of the molecule is O=C(NC(N1CC2C[C@@H](C1)c1cccc(=O)n1C2)C(Cl)(Cl)Cl)c1ccccc1Br. The van der Waals surface area contributed by atoms with Crippen molar-refractivity contribution in [1.29, 1.82) is 0 Å². The number of piperidine rings is 1. The lowest BCUT2D eigenvalue weighted by Crippen LogP contribution is -2.60. The summed E-state index contributed by atoms with van der Waals surface area (Å²) in [4.78, 5) is 27.1. The number of carbonyl (C=O) groups is 1. The van der Waals surface area contributed by atoms with Crippen molar-refractivity contribution in [3.05, 3.63) is 68.5 Å². The van der Waals surface area contributed by atoms with E-state index in [2.05, 4.69) is 21.2 Å². The summed E-state index contributed by atoms with van der Waals surface area (Å²) in [7, 11) is 0. The number of nitrogens with one attached hydrogen (secondary N) is 1. The van der Waals surface area contributed by atoms with Gasteiger partial charge >= 0.3 is 0 Å². The molecule has 2 aromatic rings. The molecule has 1 saturated heterocycles. The van der Waals surface area contributed by atoms with Gasteiger partial charge in [-0.2, -0.15) is 0 Å². The van der Waals surface area contributed by atoms with Crippen LogP contribution in [0.2, 0.25) is 0 Å². The number of pyridine rings is 1. The average molecular weight is 520 g/mol. The first-order chi connectivity index (χ1) is 13.7. The van der Waals surface area contributed by atoms with Gasteiger partial charge in [-0.05, 0) is 46.5 Å². The fourth-order valence-corrected chi connectivity index (χ4v) is 5.41. The third kappa shape index (κ3) is 4.37. The number of carbonyl (C=O) groups excluding carboxylic acids is 1. The minimum Gasteiger partial charge on any atom is -0.332 e. The van der Waals surface area contributed by atoms with Crippen LogP contribution in [0.1, 0.15) is 28.4 Å². The van der Waals surface area contributed by atoms with Crippen LogP contribution in [0, 0.1) is 5.92 Å². The van der Waals surface area contributed by atoms with Crippen LogP contribution < -0.4 is 10.9 Å². The van der Waals surface area contributed by atoms with Crippen molar-refractivity contribution < 1.29 is 4.79 Å². The van der Waals surface area contributed by atoms with Gasteiger partial charge in [0.05, 0.1) is 5.56 Å². The van der Waals surface area contributed by atoms with E-state index in [0.717, 1.165) is 12.1 Å². The van der Waals surface area contributed by atoms with Crippen molar-refractivity contribution in [2.75, 3.05) is 13.1 Å². The summed E-state index contributed by atoms with van der Waals surface area (Å²) >= 11 is 22.3. The standard InChI is InChI=1S/C20H19BrCl3N3O2/c21-15-5-2-1-4-14(15)18(29)25-19(20(22,23)24)26-9-12-8-13(11-26)16-6-3-7-17(28)27(16)10-12/h1-7,12-13,19H,8-11H2,(H,25,29)/t12?,13-,19?/m0/s1. The van der Waals surface area contributed by atoms with Crippen LogP contribution in [0.15, 0.2) is 51.7 Å². The summed E-state index contributed by atoms with van der Waals surface area (Å²) in [5, 5.41) is 2.90. The fourth-order valence-electron chi connectivity index (χ4n) is 4.37. The average Bonchev–Trinajstić information content (AvgIpc) is 2.66. The second kappa shape index (κ2) is 8.23. The molecule has 0 radical (unpaired) electrons. The molecule has 4 rings (SSSR count). The summed E-state index contributed by atoms with van der Waals surface area (Å²) in [6.45, 7) is 1.85. The van der Waals surface area contributed by atoms with Crippen LogP contribution in [0.25, 0.3) is 0 Å². The Labute approximate surface area is 192 Å². The zero-order valence-electron chi connectivity index (χ0n) is 15.3. The number of fused-ring (bicyclic) bond motifs is 4. The minimum atomic E-state index is -1.71. The molecule has 0 saturated carbocycles. The summed E-state index contributed by atoms with van der Waals surface area (Å²) in [5.74, 6) is 0.0735. The maximum Gasteiger partial charge on any atom is 0.253 e. The van der Waals surface area contributed by atoms with Gasteiger partial charge in [0, 0.05) is 41.8 Å². The number of aromatic nitrogens is 1. The predicted molar refractivity (Wildman–Crippen MR) is 119 cm³/mol. The van der Waals surface area contributed by atoms with Crippen LogP contribution in [0.3, 0.4) is 0 Å². The molecule has 1 amide bonds. The van der Waals surface area contributed by atoms with Gasteiger partial charge in [0.2, 0.25) is 3.79 Å². The summed E-state index contributed by atoms with van der Waals surface area (Å²) in [6, 6.07) is 12.5. The number of halogens is 4. The van der Waals surface area contributed by atoms with Crippen molar-refractivity contribution in [1.82, 2.24) is 14.8 Å². The number of alkyl halides is 3. The predicted octanol–water partition coefficient (Wildman–Crippen LogP) is 4.16. The molecule has 2 aliphatic rings. The molecule has 9 heteroatoms. The second-order valence-electron chi connectivity index (χ2n) is 7.55. The number of benzene rings is 1. The molecule has 1 N–H and O–H groups in total. The lowest BCUT2D eigenvalue weighted by molar-refractivity contribution is 0.0586. The van der Waals surface area contributed by atoms with E-state index in [-0.39, 0.29) is 23.3 Å². The van der Waals surface area contributed by atoms with Crippen LogP contribution in [0.5, 0.6) is 0 Å². The lowest BCUT2D eigenvalue weighted by atomic mass is 9.83. The Balaban J connectivity index is 1.60. The Kier molecular flexibility index (Phi) is 6.02. The summed E-state index contributed by atoms with van der Waals surface area (Å²) in [5.41, 5.74) is 1.49. The fraction of sp³-hybridized carbons (Fsp3) is 0.400. The zero-order chi connectivity index (χ0) is 20.8. The first kappa shape index (κ1) is 21.2. The molecular weight excluding hydrogens is 501 g/mol. The molecular formula is C20H19BrCl3N3O2. The molecule has 29 heavy (non-hydrogen) atoms. The van der Waals surface area contributed by atoms with Gasteiger partial charge in [0.1, 0.15) is 6.17 Å². The smallest absolute Gasteiger partial charge is 0.253 e. The van der Waals surface area contributed by atoms with E-state index in [0.29, 0.717) is 29.7 Å². The summed E-state index contributed by atoms with van der Waals surface area (Å²) < 4.78 is 0.809. The van der Waals surface area contributed by atoms with Crippen LogP contribution >= 0.6 is 50.7 Å². The van der Waals surface area contributed by atoms with E-state index in [1.807, 2.05) is 21.6 Å². The molecule has 3 heterocycles. The van der Waals surface area contributed by atoms with Crippen LogP contribution in [0.4, 0.5) is 0 Å². The molecule has 0 aliphatic carbocycles. The number of amides is 1. The maximum atomic E-state index is 12.9. The Morgan fingerprint density at radius 3 is 2.59 bits per heavy atom. The third-order valence-electron chi connectivity index (χ3n) is 5.57. The van der Waals surface area contributed by atoms with Gasteiger partial charge in [0.25, 0.3) is 11.5 Å². The Morgan fingerprint density at radius 2 is 1.86 bits per heavy atom. The van der Waals surface area contributed by atoms with Crippen LogP contribution in [-0.2, 0) is 6.54 Å². The topological polar surface area (TPSA) is 54.3 Å². The van der Waals surface area contributed by atoms with E-state index in [1.54, 1.807) is 30.3 Å². The molecule has 0 spiro atoms. The highest BCUT2D eigenvalue weighted by Gasteiger charge is 2.44. The number of hydrogen-bond acceptors (Lipinski definition) is 3. The van der Waals surface area contributed by atoms with Crippen molar-refractivity contribution >= 4 is 56.6 Å². The van der Waals surface area contributed by atoms with Gasteiger partial charge in [0.15, 0.2) is 0 Å². The number of hydrogen-bond donors (Lipinski definition) is 1. The molecule has 5 nitrogen and oxygen atoms in total. The molecule has 1 aromatic heterocycles. The highest BCUT2D eigenvalue weighted by molar-refractivity contribution is 9.10. The van der Waals surface area contributed by atoms with E-state index < -0.39 is 9.96 Å². The van der Waals surface area contributed by atoms with Crippen molar-refractivity contribution in [3.8, 4) is 0 Å². The molecule has 154 valence electrons. The van der Waals surface area contributed by atoms with Gasteiger partial charge in [-0.25, -0.2) is 0 Å². The molecule has 1 fully saturated rings. The monoisotopic (exact) mass is 517 g/mol. The zero-order valence-corrected chi connectivity index (χ0v) is 19.2. The minimum absolute atomic E-state index is 0.0193. The van der Waals surface area contributed by atoms with Gasteiger partial charge in [-0.15, -0.1) is 0 Å². The first-order valence-corrected chi connectivity index (χ1v) is 11.2. The molecule has 2 aliphatic heterocycles. The van der Waals surface area contributed by atoms with E-state index in [4.69, 9.17) is 34.8 Å². The van der Waals surface area contributed by atoms with Gasteiger partial charge in [-0.3, -0.25) is 14.5 Å². The van der Waals surface area contributed by atoms with E-state index in [9.17, 15) is 9.59 Å². The first-order valence-electron chi connectivity index (χ1n) is 9.30. The Morgan fingerprint density at radius 1 is 1.10 bits per heavy atom. The second-order valence-corrected chi connectivity index (χ2v) is 10.8. The van der Waals surface area contributed by atoms with Gasteiger partial charge < -0.3 is 9.88 Å². The van der Waals surface area contributed by atoms with E-state index >= 15 is 0 Å². The molecule has 2 bridgehead atoms. The Hall–Kier alpha value is -1.05. The molecule has 3 atom stereocenters. The van der Waals surface area contributed by atoms with Crippen molar-refractivity contribution in [3.63, 3.8) is 0 Å². The molecule has 1 aromatic carbocycles.